The Kier molecular flexibility index (Phi) is 9.22. The van der Waals surface area contributed by atoms with Crippen molar-refractivity contribution in [1.82, 2.24) is 19.8 Å². The number of benzene rings is 2. The maximum atomic E-state index is 12.5. The number of imidazole rings is 1. The quantitative estimate of drug-likeness (QED) is 0.328. The average Bonchev–Trinajstić information content (AvgIpc) is 3.71. The Hall–Kier alpha value is -3.83. The largest absolute Gasteiger partial charge is 0.446 e. The highest BCUT2D eigenvalue weighted by atomic mass is 16.6. The molecule has 8 heteroatoms. The van der Waals surface area contributed by atoms with Gasteiger partial charge in [-0.15, -0.1) is 0 Å². The number of nitriles is 1. The molecule has 44 heavy (non-hydrogen) atoms. The number of carbonyl (C=O) groups excluding carboxylic acids is 1. The van der Waals surface area contributed by atoms with Gasteiger partial charge in [0.2, 0.25) is 0 Å². The molecule has 2 saturated heterocycles. The van der Waals surface area contributed by atoms with Crippen LogP contribution >= 0.6 is 0 Å². The fourth-order valence-corrected chi connectivity index (χ4v) is 8.41. The predicted molar refractivity (Wildman–Crippen MR) is 172 cm³/mol. The number of ether oxygens (including phenoxy) is 1. The van der Waals surface area contributed by atoms with Crippen LogP contribution in [0.25, 0.3) is 0 Å². The highest BCUT2D eigenvalue weighted by Crippen LogP contribution is 2.52. The van der Waals surface area contributed by atoms with Crippen molar-refractivity contribution >= 4 is 11.8 Å². The Labute approximate surface area is 262 Å². The lowest BCUT2D eigenvalue weighted by atomic mass is 9.58. The molecule has 8 nitrogen and oxygen atoms in total. The first-order chi connectivity index (χ1) is 21.5. The van der Waals surface area contributed by atoms with Gasteiger partial charge in [-0.1, -0.05) is 37.3 Å². The van der Waals surface area contributed by atoms with Crippen LogP contribution in [-0.2, 0) is 23.1 Å². The van der Waals surface area contributed by atoms with Gasteiger partial charge in [0.15, 0.2) is 0 Å². The summed E-state index contributed by atoms with van der Waals surface area (Å²) in [6.45, 7) is 8.48. The molecule has 1 aromatic heterocycles. The first kappa shape index (κ1) is 30.2. The number of nitrogens with one attached hydrogen (secondary N) is 1. The number of carbonyl (C=O) groups is 1. The number of piperidine rings is 1. The molecule has 232 valence electrons. The lowest BCUT2D eigenvalue weighted by Gasteiger charge is -2.51. The van der Waals surface area contributed by atoms with E-state index >= 15 is 0 Å². The van der Waals surface area contributed by atoms with Gasteiger partial charge in [0.05, 0.1) is 11.6 Å². The highest BCUT2D eigenvalue weighted by Gasteiger charge is 2.53. The van der Waals surface area contributed by atoms with E-state index < -0.39 is 0 Å². The van der Waals surface area contributed by atoms with Crippen molar-refractivity contribution in [1.29, 1.82) is 5.26 Å². The second-order valence-corrected chi connectivity index (χ2v) is 13.0. The molecule has 1 N–H and O–H groups in total. The molecular weight excluding hydrogens is 548 g/mol. The summed E-state index contributed by atoms with van der Waals surface area (Å²) in [7, 11) is 1.65. The molecular formula is C36H46N6O2. The Morgan fingerprint density at radius 2 is 1.82 bits per heavy atom. The van der Waals surface area contributed by atoms with Crippen LogP contribution < -0.4 is 10.2 Å². The number of aryl methyl sites for hydroxylation is 1. The zero-order valence-corrected chi connectivity index (χ0v) is 26.2. The minimum absolute atomic E-state index is 0.107. The molecule has 1 aliphatic carbocycles. The maximum Gasteiger partial charge on any atom is 0.407 e. The van der Waals surface area contributed by atoms with Crippen LogP contribution in [0.2, 0.25) is 0 Å². The summed E-state index contributed by atoms with van der Waals surface area (Å²) >= 11 is 0. The van der Waals surface area contributed by atoms with Crippen molar-refractivity contribution in [2.24, 2.45) is 17.8 Å². The van der Waals surface area contributed by atoms with E-state index in [0.717, 1.165) is 83.6 Å². The SMILES string of the molecule is CCc1nccn1CC(c1ccccc1)(C1CCN(CC2CN(c3ccc(C#N)cc3)C2)CC1)[C@@H]1CCC[C@H]1OC(=O)NC. The van der Waals surface area contributed by atoms with E-state index in [9.17, 15) is 4.79 Å². The summed E-state index contributed by atoms with van der Waals surface area (Å²) in [6.07, 6.45) is 9.82. The summed E-state index contributed by atoms with van der Waals surface area (Å²) in [4.78, 5) is 22.3. The first-order valence-corrected chi connectivity index (χ1v) is 16.5. The number of alkyl carbamates (subject to hydrolysis) is 1. The summed E-state index contributed by atoms with van der Waals surface area (Å²) in [5.41, 5.74) is 3.12. The van der Waals surface area contributed by atoms with Crippen LogP contribution in [0.4, 0.5) is 10.5 Å². The third-order valence-electron chi connectivity index (χ3n) is 10.6. The second-order valence-electron chi connectivity index (χ2n) is 13.0. The molecule has 3 aliphatic rings. The van der Waals surface area contributed by atoms with Gasteiger partial charge in [0.1, 0.15) is 11.9 Å². The first-order valence-electron chi connectivity index (χ1n) is 16.5. The second kappa shape index (κ2) is 13.4. The molecule has 3 atom stereocenters. The molecule has 0 spiro atoms. The van der Waals surface area contributed by atoms with Crippen LogP contribution in [0, 0.1) is 29.1 Å². The Morgan fingerprint density at radius 3 is 2.50 bits per heavy atom. The molecule has 0 radical (unpaired) electrons. The van der Waals surface area contributed by atoms with Crippen molar-refractivity contribution in [2.45, 2.75) is 63.5 Å². The molecule has 2 aromatic carbocycles. The number of nitrogens with zero attached hydrogens (tertiary/aromatic N) is 5. The van der Waals surface area contributed by atoms with E-state index in [1.807, 2.05) is 18.3 Å². The van der Waals surface area contributed by atoms with Gasteiger partial charge in [0.25, 0.3) is 0 Å². The van der Waals surface area contributed by atoms with E-state index in [2.05, 4.69) is 81.3 Å². The van der Waals surface area contributed by atoms with Crippen LogP contribution in [0.3, 0.4) is 0 Å². The average molecular weight is 595 g/mol. The van der Waals surface area contributed by atoms with Gasteiger partial charge in [-0.25, -0.2) is 9.78 Å². The van der Waals surface area contributed by atoms with Crippen LogP contribution in [0.1, 0.15) is 56.0 Å². The summed E-state index contributed by atoms with van der Waals surface area (Å²) < 4.78 is 8.49. The molecule has 2 aliphatic heterocycles. The normalized spacial score (nSPS) is 22.6. The minimum Gasteiger partial charge on any atom is -0.446 e. The molecule has 3 fully saturated rings. The van der Waals surface area contributed by atoms with Crippen LogP contribution in [0.5, 0.6) is 0 Å². The number of amides is 1. The number of likely N-dealkylation sites (tertiary alicyclic amines) is 1. The predicted octanol–water partition coefficient (Wildman–Crippen LogP) is 5.63. The van der Waals surface area contributed by atoms with E-state index in [0.29, 0.717) is 17.4 Å². The Morgan fingerprint density at radius 1 is 1.07 bits per heavy atom. The van der Waals surface area contributed by atoms with E-state index in [1.54, 1.807) is 7.05 Å². The standard InChI is InChI=1S/C36H46N6O2/c1-3-34-39-18-21-41(34)26-36(29-8-5-4-6-9-29,32-10-7-11-33(32)44-35(43)38-2)30-16-19-40(20-17-30)23-28-24-42(25-28)31-14-12-27(22-37)13-15-31/h4-6,8-9,12-15,18,21,28,30,32-33H,3,7,10-11,16-17,19-20,23-26H2,1-2H3,(H,38,43)/t32-,33-,36?/m1/s1. The van der Waals surface area contributed by atoms with Gasteiger partial charge in [-0.3, -0.25) is 0 Å². The Bertz CT molecular complexity index is 1420. The number of hydrogen-bond acceptors (Lipinski definition) is 6. The zero-order valence-electron chi connectivity index (χ0n) is 26.2. The van der Waals surface area contributed by atoms with E-state index in [4.69, 9.17) is 15.0 Å². The molecule has 1 saturated carbocycles. The summed E-state index contributed by atoms with van der Waals surface area (Å²) in [5.74, 6) is 2.47. The van der Waals surface area contributed by atoms with E-state index in [-0.39, 0.29) is 23.5 Å². The molecule has 0 bridgehead atoms. The van der Waals surface area contributed by atoms with E-state index in [1.165, 1.54) is 11.3 Å². The number of rotatable bonds is 10. The monoisotopic (exact) mass is 594 g/mol. The third kappa shape index (κ3) is 6.08. The lowest BCUT2D eigenvalue weighted by Crippen LogP contribution is -2.55. The number of hydrogen-bond donors (Lipinski definition) is 1. The highest BCUT2D eigenvalue weighted by molar-refractivity contribution is 5.67. The minimum atomic E-state index is -0.328. The third-order valence-corrected chi connectivity index (χ3v) is 10.6. The van der Waals surface area contributed by atoms with Crippen molar-refractivity contribution in [3.05, 3.63) is 83.9 Å². The van der Waals surface area contributed by atoms with Crippen molar-refractivity contribution in [2.75, 3.05) is 44.7 Å². The van der Waals surface area contributed by atoms with Crippen molar-refractivity contribution in [3.8, 4) is 6.07 Å². The smallest absolute Gasteiger partial charge is 0.407 e. The van der Waals surface area contributed by atoms with Gasteiger partial charge >= 0.3 is 6.09 Å². The zero-order chi connectivity index (χ0) is 30.5. The summed E-state index contributed by atoms with van der Waals surface area (Å²) in [5, 5.41) is 11.8. The lowest BCUT2D eigenvalue weighted by molar-refractivity contribution is 0.00173. The van der Waals surface area contributed by atoms with Crippen LogP contribution in [0.15, 0.2) is 67.0 Å². The molecule has 3 heterocycles. The van der Waals surface area contributed by atoms with Gasteiger partial charge < -0.3 is 24.4 Å². The molecule has 3 aromatic rings. The molecule has 1 amide bonds. The fourth-order valence-electron chi connectivity index (χ4n) is 8.41. The molecule has 1 unspecified atom stereocenters. The summed E-state index contributed by atoms with van der Waals surface area (Å²) in [6, 6.07) is 21.3. The number of anilines is 1. The van der Waals surface area contributed by atoms with Crippen LogP contribution in [-0.4, -0.2) is 66.4 Å². The van der Waals surface area contributed by atoms with Crippen molar-refractivity contribution in [3.63, 3.8) is 0 Å². The van der Waals surface area contributed by atoms with Gasteiger partial charge in [0, 0.05) is 75.0 Å². The van der Waals surface area contributed by atoms with Gasteiger partial charge in [-0.05, 0) is 80.9 Å². The maximum absolute atomic E-state index is 12.5. The fraction of sp³-hybridized carbons (Fsp3) is 0.528. The van der Waals surface area contributed by atoms with Gasteiger partial charge in [-0.2, -0.15) is 5.26 Å². The number of aromatic nitrogens is 2. The topological polar surface area (TPSA) is 86.4 Å². The molecule has 6 rings (SSSR count). The Balaban J connectivity index is 1.21. The van der Waals surface area contributed by atoms with Crippen molar-refractivity contribution < 1.29 is 9.53 Å².